The molecule has 0 aliphatic rings. The fraction of sp³-hybridized carbons (Fsp3) is 0.154. The lowest BCUT2D eigenvalue weighted by Gasteiger charge is -2.06. The molecule has 17 heavy (non-hydrogen) atoms. The highest BCUT2D eigenvalue weighted by Gasteiger charge is 2.10. The van der Waals surface area contributed by atoms with Gasteiger partial charge in [-0.2, -0.15) is 0 Å². The Morgan fingerprint density at radius 3 is 2.94 bits per heavy atom. The molecule has 2 aromatic rings. The van der Waals surface area contributed by atoms with Gasteiger partial charge in [0.05, 0.1) is 12.1 Å². The summed E-state index contributed by atoms with van der Waals surface area (Å²) in [7, 11) is 0. The van der Waals surface area contributed by atoms with E-state index in [2.05, 4.69) is 5.32 Å². The van der Waals surface area contributed by atoms with E-state index in [1.807, 2.05) is 24.4 Å². The standard InChI is InChI=1S/C13H13NO2S/c1-9-4-5-12(15)11(7-9)13(16)14-8-10-3-2-6-17-10/h2-7,15H,8H2,1H3,(H,14,16). The first-order valence-corrected chi connectivity index (χ1v) is 6.15. The number of benzene rings is 1. The fourth-order valence-electron chi connectivity index (χ4n) is 1.51. The summed E-state index contributed by atoms with van der Waals surface area (Å²) in [6.07, 6.45) is 0. The first-order chi connectivity index (χ1) is 8.16. The van der Waals surface area contributed by atoms with Crippen LogP contribution in [-0.2, 0) is 6.54 Å². The average Bonchev–Trinajstić information content (AvgIpc) is 2.82. The third-order valence-electron chi connectivity index (χ3n) is 2.40. The Hall–Kier alpha value is -1.81. The first kappa shape index (κ1) is 11.7. The van der Waals surface area contributed by atoms with E-state index in [1.165, 1.54) is 6.07 Å². The number of carbonyl (C=O) groups excluding carboxylic acids is 1. The first-order valence-electron chi connectivity index (χ1n) is 5.27. The van der Waals surface area contributed by atoms with Crippen molar-refractivity contribution in [1.29, 1.82) is 0 Å². The number of amides is 1. The second-order valence-electron chi connectivity index (χ2n) is 3.78. The van der Waals surface area contributed by atoms with E-state index >= 15 is 0 Å². The second kappa shape index (κ2) is 5.01. The molecule has 2 N–H and O–H groups in total. The van der Waals surface area contributed by atoms with E-state index in [0.29, 0.717) is 12.1 Å². The van der Waals surface area contributed by atoms with Crippen molar-refractivity contribution in [3.05, 3.63) is 51.7 Å². The molecular weight excluding hydrogens is 234 g/mol. The third kappa shape index (κ3) is 2.85. The summed E-state index contributed by atoms with van der Waals surface area (Å²) in [5.41, 5.74) is 1.27. The van der Waals surface area contributed by atoms with Crippen molar-refractivity contribution in [1.82, 2.24) is 5.32 Å². The van der Waals surface area contributed by atoms with Gasteiger partial charge in [0.1, 0.15) is 5.75 Å². The molecule has 1 aromatic carbocycles. The van der Waals surface area contributed by atoms with Crippen LogP contribution in [-0.4, -0.2) is 11.0 Å². The van der Waals surface area contributed by atoms with Crippen LogP contribution in [0.3, 0.4) is 0 Å². The molecule has 3 nitrogen and oxygen atoms in total. The molecule has 0 bridgehead atoms. The van der Waals surface area contributed by atoms with Crippen molar-refractivity contribution in [2.45, 2.75) is 13.5 Å². The predicted molar refractivity (Wildman–Crippen MR) is 68.3 cm³/mol. The van der Waals surface area contributed by atoms with Gasteiger partial charge in [0.25, 0.3) is 5.91 Å². The zero-order chi connectivity index (χ0) is 12.3. The van der Waals surface area contributed by atoms with Gasteiger partial charge < -0.3 is 10.4 Å². The van der Waals surface area contributed by atoms with Gasteiger partial charge in [-0.3, -0.25) is 4.79 Å². The van der Waals surface area contributed by atoms with Crippen molar-refractivity contribution in [3.63, 3.8) is 0 Å². The number of hydrogen-bond acceptors (Lipinski definition) is 3. The van der Waals surface area contributed by atoms with Gasteiger partial charge in [-0.05, 0) is 30.5 Å². The van der Waals surface area contributed by atoms with Crippen LogP contribution in [0.5, 0.6) is 5.75 Å². The molecule has 0 unspecified atom stereocenters. The number of nitrogens with one attached hydrogen (secondary N) is 1. The summed E-state index contributed by atoms with van der Waals surface area (Å²) in [4.78, 5) is 12.9. The highest BCUT2D eigenvalue weighted by molar-refractivity contribution is 7.09. The molecule has 0 atom stereocenters. The number of phenols is 1. The van der Waals surface area contributed by atoms with Gasteiger partial charge in [0.2, 0.25) is 0 Å². The monoisotopic (exact) mass is 247 g/mol. The van der Waals surface area contributed by atoms with Gasteiger partial charge in [-0.15, -0.1) is 11.3 Å². The minimum Gasteiger partial charge on any atom is -0.507 e. The smallest absolute Gasteiger partial charge is 0.255 e. The number of phenolic OH excluding ortho intramolecular Hbond substituents is 1. The highest BCUT2D eigenvalue weighted by Crippen LogP contribution is 2.18. The number of aromatic hydroxyl groups is 1. The van der Waals surface area contributed by atoms with Crippen molar-refractivity contribution in [2.75, 3.05) is 0 Å². The summed E-state index contributed by atoms with van der Waals surface area (Å²) in [6, 6.07) is 8.89. The average molecular weight is 247 g/mol. The summed E-state index contributed by atoms with van der Waals surface area (Å²) in [5, 5.41) is 14.3. The van der Waals surface area contributed by atoms with E-state index in [0.717, 1.165) is 10.4 Å². The van der Waals surface area contributed by atoms with Gasteiger partial charge in [-0.25, -0.2) is 0 Å². The molecule has 0 aliphatic carbocycles. The van der Waals surface area contributed by atoms with Gasteiger partial charge in [0.15, 0.2) is 0 Å². The van der Waals surface area contributed by atoms with Crippen LogP contribution in [0.4, 0.5) is 0 Å². The van der Waals surface area contributed by atoms with Crippen molar-refractivity contribution in [3.8, 4) is 5.75 Å². The molecule has 4 heteroatoms. The van der Waals surface area contributed by atoms with Crippen molar-refractivity contribution >= 4 is 17.2 Å². The molecule has 0 fully saturated rings. The molecule has 1 amide bonds. The zero-order valence-electron chi connectivity index (χ0n) is 9.43. The Kier molecular flexibility index (Phi) is 3.44. The highest BCUT2D eigenvalue weighted by atomic mass is 32.1. The van der Waals surface area contributed by atoms with E-state index < -0.39 is 0 Å². The number of rotatable bonds is 3. The normalized spacial score (nSPS) is 10.2. The Morgan fingerprint density at radius 1 is 1.41 bits per heavy atom. The lowest BCUT2D eigenvalue weighted by Crippen LogP contribution is -2.22. The topological polar surface area (TPSA) is 49.3 Å². The van der Waals surface area contributed by atoms with E-state index in [9.17, 15) is 9.90 Å². The van der Waals surface area contributed by atoms with Crippen LogP contribution in [0.2, 0.25) is 0 Å². The zero-order valence-corrected chi connectivity index (χ0v) is 10.3. The molecule has 0 saturated heterocycles. The van der Waals surface area contributed by atoms with Crippen molar-refractivity contribution < 1.29 is 9.90 Å². The molecule has 1 heterocycles. The number of hydrogen-bond donors (Lipinski definition) is 2. The maximum Gasteiger partial charge on any atom is 0.255 e. The Balaban J connectivity index is 2.07. The second-order valence-corrected chi connectivity index (χ2v) is 4.81. The molecular formula is C13H13NO2S. The van der Waals surface area contributed by atoms with E-state index in [4.69, 9.17) is 0 Å². The van der Waals surface area contributed by atoms with Crippen molar-refractivity contribution in [2.24, 2.45) is 0 Å². The maximum absolute atomic E-state index is 11.8. The lowest BCUT2D eigenvalue weighted by atomic mass is 10.1. The van der Waals surface area contributed by atoms with Gasteiger partial charge in [-0.1, -0.05) is 17.7 Å². The van der Waals surface area contributed by atoms with E-state index in [-0.39, 0.29) is 11.7 Å². The van der Waals surface area contributed by atoms with Crippen LogP contribution in [0.1, 0.15) is 20.8 Å². The van der Waals surface area contributed by atoms with Crippen LogP contribution in [0.25, 0.3) is 0 Å². The molecule has 88 valence electrons. The quantitative estimate of drug-likeness (QED) is 0.876. The molecule has 0 saturated carbocycles. The van der Waals surface area contributed by atoms with Crippen LogP contribution >= 0.6 is 11.3 Å². The summed E-state index contributed by atoms with van der Waals surface area (Å²) >= 11 is 1.59. The predicted octanol–water partition coefficient (Wildman–Crippen LogP) is 2.69. The Labute approximate surface area is 104 Å². The Bertz CT molecular complexity index is 520. The SMILES string of the molecule is Cc1ccc(O)c(C(=O)NCc2cccs2)c1. The van der Waals surface area contributed by atoms with Crippen LogP contribution in [0.15, 0.2) is 35.7 Å². The maximum atomic E-state index is 11.8. The molecule has 0 radical (unpaired) electrons. The molecule has 0 aliphatic heterocycles. The van der Waals surface area contributed by atoms with Gasteiger partial charge >= 0.3 is 0 Å². The minimum absolute atomic E-state index is 0.0132. The summed E-state index contributed by atoms with van der Waals surface area (Å²) in [6.45, 7) is 2.37. The molecule has 0 spiro atoms. The molecule has 2 rings (SSSR count). The fourth-order valence-corrected chi connectivity index (χ4v) is 2.15. The van der Waals surface area contributed by atoms with Gasteiger partial charge in [0, 0.05) is 4.88 Å². The third-order valence-corrected chi connectivity index (χ3v) is 3.28. The number of aryl methyl sites for hydroxylation is 1. The molecule has 1 aromatic heterocycles. The van der Waals surface area contributed by atoms with E-state index in [1.54, 1.807) is 23.5 Å². The van der Waals surface area contributed by atoms with Crippen LogP contribution in [0, 0.1) is 6.92 Å². The number of thiophene rings is 1. The summed E-state index contributed by atoms with van der Waals surface area (Å²) in [5.74, 6) is -0.237. The largest absolute Gasteiger partial charge is 0.507 e. The number of carbonyl (C=O) groups is 1. The Morgan fingerprint density at radius 2 is 2.24 bits per heavy atom. The summed E-state index contributed by atoms with van der Waals surface area (Å²) < 4.78 is 0. The lowest BCUT2D eigenvalue weighted by molar-refractivity contribution is 0.0948. The minimum atomic E-state index is -0.250. The van der Waals surface area contributed by atoms with Crippen LogP contribution < -0.4 is 5.32 Å².